The lowest BCUT2D eigenvalue weighted by Crippen LogP contribution is -2.19. The van der Waals surface area contributed by atoms with Crippen LogP contribution in [0.1, 0.15) is 18.9 Å². The van der Waals surface area contributed by atoms with Crippen LogP contribution in [0.3, 0.4) is 0 Å². The van der Waals surface area contributed by atoms with Gasteiger partial charge in [0.25, 0.3) is 0 Å². The van der Waals surface area contributed by atoms with E-state index in [9.17, 15) is 0 Å². The Balaban J connectivity index is 2.23. The van der Waals surface area contributed by atoms with Crippen LogP contribution in [0.25, 0.3) is 0 Å². The molecule has 1 aromatic carbocycles. The van der Waals surface area contributed by atoms with Gasteiger partial charge >= 0.3 is 0 Å². The molecule has 0 aliphatic heterocycles. The highest BCUT2D eigenvalue weighted by Gasteiger charge is 2.50. The summed E-state index contributed by atoms with van der Waals surface area (Å²) >= 11 is 0. The molecule has 0 radical (unpaired) electrons. The number of rotatable bonds is 2. The molecule has 2 rings (SSSR count). The monoisotopic (exact) mass is 161 g/mol. The fourth-order valence-corrected chi connectivity index (χ4v) is 1.92. The van der Waals surface area contributed by atoms with Crippen LogP contribution in [0.4, 0.5) is 0 Å². The summed E-state index contributed by atoms with van der Waals surface area (Å²) in [6.45, 7) is 2.32. The first-order chi connectivity index (χ1) is 5.77. The molecule has 2 atom stereocenters. The van der Waals surface area contributed by atoms with Crippen molar-refractivity contribution in [1.29, 1.82) is 0 Å². The minimum absolute atomic E-state index is 0.399. The molecule has 2 unspecified atom stereocenters. The second-order valence-corrected chi connectivity index (χ2v) is 3.83. The van der Waals surface area contributed by atoms with E-state index in [0.717, 1.165) is 0 Å². The Morgan fingerprint density at radius 3 is 2.50 bits per heavy atom. The van der Waals surface area contributed by atoms with Gasteiger partial charge in [-0.25, -0.2) is 0 Å². The van der Waals surface area contributed by atoms with Crippen LogP contribution in [0.5, 0.6) is 0 Å². The smallest absolute Gasteiger partial charge is 0.0168 e. The van der Waals surface area contributed by atoms with Crippen LogP contribution >= 0.6 is 0 Å². The van der Waals surface area contributed by atoms with Gasteiger partial charge in [0, 0.05) is 11.5 Å². The van der Waals surface area contributed by atoms with Crippen molar-refractivity contribution in [2.45, 2.75) is 24.8 Å². The van der Waals surface area contributed by atoms with Crippen LogP contribution in [0.15, 0.2) is 30.3 Å². The largest absolute Gasteiger partial charge is 0.316 e. The Labute approximate surface area is 73.8 Å². The Kier molecular flexibility index (Phi) is 1.69. The van der Waals surface area contributed by atoms with E-state index in [1.54, 1.807) is 0 Å². The maximum Gasteiger partial charge on any atom is 0.0168 e. The van der Waals surface area contributed by atoms with Crippen molar-refractivity contribution < 1.29 is 0 Å². The molecule has 0 amide bonds. The lowest BCUT2D eigenvalue weighted by molar-refractivity contribution is 0.668. The first kappa shape index (κ1) is 7.81. The standard InChI is InChI=1S/C11H15N/c1-11(8-10(11)12-2)9-6-4-3-5-7-9/h3-7,10,12H,8H2,1-2H3. The molecule has 0 bridgehead atoms. The summed E-state index contributed by atoms with van der Waals surface area (Å²) in [5, 5.41) is 3.33. The maximum absolute atomic E-state index is 3.33. The van der Waals surface area contributed by atoms with Gasteiger partial charge in [-0.3, -0.25) is 0 Å². The third-order valence-corrected chi connectivity index (χ3v) is 3.02. The van der Waals surface area contributed by atoms with Gasteiger partial charge < -0.3 is 5.32 Å². The van der Waals surface area contributed by atoms with Crippen molar-refractivity contribution in [1.82, 2.24) is 5.32 Å². The van der Waals surface area contributed by atoms with Crippen molar-refractivity contribution in [3.8, 4) is 0 Å². The summed E-state index contributed by atoms with van der Waals surface area (Å²) in [5.41, 5.74) is 1.86. The van der Waals surface area contributed by atoms with E-state index >= 15 is 0 Å². The molecule has 1 aliphatic rings. The molecule has 0 heterocycles. The van der Waals surface area contributed by atoms with E-state index in [-0.39, 0.29) is 0 Å². The third-order valence-electron chi connectivity index (χ3n) is 3.02. The van der Waals surface area contributed by atoms with Crippen molar-refractivity contribution in [2.75, 3.05) is 7.05 Å². The van der Waals surface area contributed by atoms with Gasteiger partial charge in [-0.2, -0.15) is 0 Å². The normalized spacial score (nSPS) is 33.3. The van der Waals surface area contributed by atoms with Gasteiger partial charge in [-0.1, -0.05) is 37.3 Å². The van der Waals surface area contributed by atoms with Crippen LogP contribution in [-0.2, 0) is 5.41 Å². The van der Waals surface area contributed by atoms with Gasteiger partial charge in [-0.05, 0) is 19.0 Å². The molecule has 0 aromatic heterocycles. The molecule has 1 nitrogen and oxygen atoms in total. The van der Waals surface area contributed by atoms with E-state index in [0.29, 0.717) is 11.5 Å². The van der Waals surface area contributed by atoms with Crippen LogP contribution in [0, 0.1) is 0 Å². The van der Waals surface area contributed by atoms with E-state index in [1.165, 1.54) is 12.0 Å². The van der Waals surface area contributed by atoms with E-state index in [1.807, 2.05) is 7.05 Å². The number of hydrogen-bond acceptors (Lipinski definition) is 1. The SMILES string of the molecule is CNC1CC1(C)c1ccccc1. The summed E-state index contributed by atoms with van der Waals surface area (Å²) < 4.78 is 0. The fourth-order valence-electron chi connectivity index (χ4n) is 1.92. The first-order valence-electron chi connectivity index (χ1n) is 4.50. The summed E-state index contributed by atoms with van der Waals surface area (Å²) in [4.78, 5) is 0. The predicted molar refractivity (Wildman–Crippen MR) is 51.3 cm³/mol. The average molecular weight is 161 g/mol. The molecule has 1 aliphatic carbocycles. The molecule has 12 heavy (non-hydrogen) atoms. The van der Waals surface area contributed by atoms with Gasteiger partial charge in [-0.15, -0.1) is 0 Å². The number of nitrogens with one attached hydrogen (secondary N) is 1. The zero-order chi connectivity index (χ0) is 8.60. The quantitative estimate of drug-likeness (QED) is 0.699. The molecule has 0 saturated heterocycles. The van der Waals surface area contributed by atoms with Gasteiger partial charge in [0.05, 0.1) is 0 Å². The Morgan fingerprint density at radius 2 is 2.00 bits per heavy atom. The molecule has 1 heteroatoms. The second-order valence-electron chi connectivity index (χ2n) is 3.83. The summed E-state index contributed by atoms with van der Waals surface area (Å²) in [6, 6.07) is 11.4. The lowest BCUT2D eigenvalue weighted by atomic mass is 9.98. The van der Waals surface area contributed by atoms with Gasteiger partial charge in [0.1, 0.15) is 0 Å². The first-order valence-corrected chi connectivity index (χ1v) is 4.50. The van der Waals surface area contributed by atoms with E-state index < -0.39 is 0 Å². The maximum atomic E-state index is 3.33. The predicted octanol–water partition coefficient (Wildman–Crippen LogP) is 1.94. The second kappa shape index (κ2) is 2.60. The van der Waals surface area contributed by atoms with Crippen molar-refractivity contribution in [3.05, 3.63) is 35.9 Å². The molecule has 64 valence electrons. The van der Waals surface area contributed by atoms with Crippen LogP contribution < -0.4 is 5.32 Å². The molecule has 0 spiro atoms. The van der Waals surface area contributed by atoms with Crippen molar-refractivity contribution in [2.24, 2.45) is 0 Å². The minimum Gasteiger partial charge on any atom is -0.316 e. The molecule has 1 aromatic rings. The third kappa shape index (κ3) is 1.05. The highest BCUT2D eigenvalue weighted by molar-refractivity contribution is 5.34. The Morgan fingerprint density at radius 1 is 1.33 bits per heavy atom. The average Bonchev–Trinajstić information content (AvgIpc) is 2.81. The van der Waals surface area contributed by atoms with Gasteiger partial charge in [0.15, 0.2) is 0 Å². The van der Waals surface area contributed by atoms with E-state index in [4.69, 9.17) is 0 Å². The van der Waals surface area contributed by atoms with Crippen LogP contribution in [-0.4, -0.2) is 13.1 Å². The Bertz CT molecular complexity index is 268. The molecular formula is C11H15N. The lowest BCUT2D eigenvalue weighted by Gasteiger charge is -2.10. The molecule has 1 saturated carbocycles. The summed E-state index contributed by atoms with van der Waals surface area (Å²) in [5.74, 6) is 0. The van der Waals surface area contributed by atoms with Crippen molar-refractivity contribution >= 4 is 0 Å². The molecular weight excluding hydrogens is 146 g/mol. The number of likely N-dealkylation sites (N-methyl/N-ethyl adjacent to an activating group) is 1. The fraction of sp³-hybridized carbons (Fsp3) is 0.455. The highest BCUT2D eigenvalue weighted by Crippen LogP contribution is 2.47. The number of hydrogen-bond donors (Lipinski definition) is 1. The van der Waals surface area contributed by atoms with E-state index in [2.05, 4.69) is 42.6 Å². The van der Waals surface area contributed by atoms with Crippen LogP contribution in [0.2, 0.25) is 0 Å². The number of benzene rings is 1. The minimum atomic E-state index is 0.399. The molecule has 1 fully saturated rings. The summed E-state index contributed by atoms with van der Waals surface area (Å²) in [7, 11) is 2.04. The zero-order valence-corrected chi connectivity index (χ0v) is 7.67. The molecule has 1 N–H and O–H groups in total. The highest BCUT2D eigenvalue weighted by atomic mass is 15.0. The van der Waals surface area contributed by atoms with Crippen molar-refractivity contribution in [3.63, 3.8) is 0 Å². The topological polar surface area (TPSA) is 12.0 Å². The summed E-state index contributed by atoms with van der Waals surface area (Å²) in [6.07, 6.45) is 1.27. The van der Waals surface area contributed by atoms with Gasteiger partial charge in [0.2, 0.25) is 0 Å². The zero-order valence-electron chi connectivity index (χ0n) is 7.67. The Hall–Kier alpha value is -0.820.